The number of rotatable bonds is 2. The van der Waals surface area contributed by atoms with Gasteiger partial charge in [0, 0.05) is 12.7 Å². The minimum Gasteiger partial charge on any atom is -0.319 e. The van der Waals surface area contributed by atoms with Gasteiger partial charge >= 0.3 is 0 Å². The number of hydrogen-bond acceptors (Lipinski definition) is 1. The molecule has 1 unspecified atom stereocenters. The number of halogens is 1. The van der Waals surface area contributed by atoms with Crippen LogP contribution in [0.3, 0.4) is 0 Å². The lowest BCUT2D eigenvalue weighted by Gasteiger charge is -2.24. The summed E-state index contributed by atoms with van der Waals surface area (Å²) in [5.74, 6) is 0.216. The fourth-order valence-electron chi connectivity index (χ4n) is 1.53. The van der Waals surface area contributed by atoms with Crippen LogP contribution in [-0.2, 0) is 4.79 Å². The Kier molecular flexibility index (Phi) is 4.22. The first-order valence-corrected chi connectivity index (χ1v) is 5.98. The third-order valence-electron chi connectivity index (χ3n) is 2.37. The first kappa shape index (κ1) is 11.0. The Labute approximate surface area is 93.5 Å². The molecule has 0 radical (unpaired) electrons. The van der Waals surface area contributed by atoms with Crippen molar-refractivity contribution in [2.75, 3.05) is 7.05 Å². The average Bonchev–Trinajstić information content (AvgIpc) is 2.17. The van der Waals surface area contributed by atoms with Gasteiger partial charge in [0.2, 0.25) is 5.91 Å². The molecule has 1 aliphatic rings. The minimum atomic E-state index is 0.0745. The minimum absolute atomic E-state index is 0.0745. The van der Waals surface area contributed by atoms with E-state index in [2.05, 4.69) is 28.7 Å². The topological polar surface area (TPSA) is 20.3 Å². The molecule has 0 N–H and O–H groups in total. The fourth-order valence-corrected chi connectivity index (χ4v) is 1.95. The van der Waals surface area contributed by atoms with Gasteiger partial charge in [-0.2, -0.15) is 0 Å². The molecule has 1 amide bonds. The molecule has 74 valence electrons. The van der Waals surface area contributed by atoms with E-state index in [9.17, 15) is 4.79 Å². The molecule has 0 spiro atoms. The van der Waals surface area contributed by atoms with E-state index in [1.165, 1.54) is 18.5 Å². The third-order valence-corrected chi connectivity index (χ3v) is 2.90. The first-order valence-electron chi connectivity index (χ1n) is 4.73. The Balaban J connectivity index is 2.60. The highest BCUT2D eigenvalue weighted by Gasteiger charge is 2.18. The molecule has 0 aliphatic heterocycles. The fraction of sp³-hybridized carbons (Fsp3) is 0.700. The van der Waals surface area contributed by atoms with Crippen LogP contribution >= 0.6 is 22.6 Å². The molecular weight excluding hydrogens is 277 g/mol. The lowest BCUT2D eigenvalue weighted by molar-refractivity contribution is -0.127. The summed E-state index contributed by atoms with van der Waals surface area (Å²) in [6.45, 7) is 1.93. The lowest BCUT2D eigenvalue weighted by atomic mass is 10.0. The molecule has 0 aromatic carbocycles. The van der Waals surface area contributed by atoms with Gasteiger partial charge in [0.1, 0.15) is 0 Å². The number of nitrogens with zero attached hydrogens (tertiary/aromatic N) is 1. The quantitative estimate of drug-likeness (QED) is 0.566. The second-order valence-corrected chi connectivity index (χ2v) is 5.32. The molecule has 0 aromatic rings. The summed E-state index contributed by atoms with van der Waals surface area (Å²) in [5, 5.41) is 0. The smallest absolute Gasteiger partial charge is 0.239 e. The van der Waals surface area contributed by atoms with E-state index >= 15 is 0 Å². The highest BCUT2D eigenvalue weighted by atomic mass is 127. The van der Waals surface area contributed by atoms with Crippen molar-refractivity contribution in [2.45, 2.75) is 36.5 Å². The van der Waals surface area contributed by atoms with Crippen molar-refractivity contribution < 1.29 is 4.79 Å². The molecule has 1 rings (SSSR count). The maximum Gasteiger partial charge on any atom is 0.239 e. The number of alkyl halides is 1. The van der Waals surface area contributed by atoms with Gasteiger partial charge in [-0.3, -0.25) is 4.79 Å². The van der Waals surface area contributed by atoms with E-state index in [4.69, 9.17) is 0 Å². The highest BCUT2D eigenvalue weighted by Crippen LogP contribution is 2.21. The van der Waals surface area contributed by atoms with E-state index < -0.39 is 0 Å². The van der Waals surface area contributed by atoms with E-state index in [1.807, 2.05) is 18.9 Å². The molecule has 0 aromatic heterocycles. The van der Waals surface area contributed by atoms with Crippen molar-refractivity contribution in [3.05, 3.63) is 11.8 Å². The largest absolute Gasteiger partial charge is 0.319 e. The summed E-state index contributed by atoms with van der Waals surface area (Å²) >= 11 is 2.16. The molecule has 2 nitrogen and oxygen atoms in total. The molecule has 0 fully saturated rings. The summed E-state index contributed by atoms with van der Waals surface area (Å²) in [5.41, 5.74) is 1.21. The van der Waals surface area contributed by atoms with Crippen LogP contribution in [0.15, 0.2) is 11.8 Å². The summed E-state index contributed by atoms with van der Waals surface area (Å²) in [7, 11) is 1.88. The van der Waals surface area contributed by atoms with Crippen molar-refractivity contribution in [3.8, 4) is 0 Å². The van der Waals surface area contributed by atoms with Crippen LogP contribution in [0.5, 0.6) is 0 Å². The molecule has 0 heterocycles. The highest BCUT2D eigenvalue weighted by molar-refractivity contribution is 14.1. The van der Waals surface area contributed by atoms with Gasteiger partial charge in [0.05, 0.1) is 3.92 Å². The van der Waals surface area contributed by atoms with E-state index in [-0.39, 0.29) is 9.83 Å². The maximum atomic E-state index is 11.6. The Hall–Kier alpha value is -0.0600. The van der Waals surface area contributed by atoms with Gasteiger partial charge in [-0.1, -0.05) is 28.7 Å². The molecule has 1 atom stereocenters. The van der Waals surface area contributed by atoms with Gasteiger partial charge in [-0.25, -0.2) is 0 Å². The summed E-state index contributed by atoms with van der Waals surface area (Å²) in [4.78, 5) is 13.4. The molecule has 0 saturated carbocycles. The second-order valence-electron chi connectivity index (χ2n) is 3.45. The van der Waals surface area contributed by atoms with Crippen LogP contribution in [0.1, 0.15) is 32.6 Å². The molecule has 0 saturated heterocycles. The van der Waals surface area contributed by atoms with Gasteiger partial charge < -0.3 is 4.90 Å². The number of allylic oxidation sites excluding steroid dienone is 2. The van der Waals surface area contributed by atoms with Crippen LogP contribution in [0.4, 0.5) is 0 Å². The van der Waals surface area contributed by atoms with Crippen LogP contribution in [0, 0.1) is 0 Å². The SMILES string of the molecule is CC(I)C(=O)N(C)C1=CCCCC1. The van der Waals surface area contributed by atoms with Crippen LogP contribution in [-0.4, -0.2) is 21.8 Å². The average molecular weight is 293 g/mol. The zero-order valence-corrected chi connectivity index (χ0v) is 10.4. The van der Waals surface area contributed by atoms with Crippen molar-refractivity contribution in [3.63, 3.8) is 0 Å². The maximum absolute atomic E-state index is 11.6. The van der Waals surface area contributed by atoms with Gasteiger partial charge in [-0.15, -0.1) is 0 Å². The van der Waals surface area contributed by atoms with Crippen molar-refractivity contribution in [1.82, 2.24) is 4.90 Å². The summed E-state index contributed by atoms with van der Waals surface area (Å²) in [6, 6.07) is 0. The number of carbonyl (C=O) groups excluding carboxylic acids is 1. The Morgan fingerprint density at radius 3 is 2.77 bits per heavy atom. The number of carbonyl (C=O) groups is 1. The number of hydrogen-bond donors (Lipinski definition) is 0. The van der Waals surface area contributed by atoms with Gasteiger partial charge in [0.25, 0.3) is 0 Å². The lowest BCUT2D eigenvalue weighted by Crippen LogP contribution is -2.31. The van der Waals surface area contributed by atoms with E-state index in [1.54, 1.807) is 0 Å². The Morgan fingerprint density at radius 2 is 2.31 bits per heavy atom. The van der Waals surface area contributed by atoms with Crippen LogP contribution < -0.4 is 0 Å². The van der Waals surface area contributed by atoms with Gasteiger partial charge in [-0.05, 0) is 32.6 Å². The summed E-state index contributed by atoms with van der Waals surface area (Å²) in [6.07, 6.45) is 6.87. The summed E-state index contributed by atoms with van der Waals surface area (Å²) < 4.78 is 0.0745. The monoisotopic (exact) mass is 293 g/mol. The zero-order valence-electron chi connectivity index (χ0n) is 8.22. The van der Waals surface area contributed by atoms with Crippen molar-refractivity contribution in [1.29, 1.82) is 0 Å². The van der Waals surface area contributed by atoms with Gasteiger partial charge in [0.15, 0.2) is 0 Å². The van der Waals surface area contributed by atoms with E-state index in [0.717, 1.165) is 12.8 Å². The molecule has 1 aliphatic carbocycles. The predicted octanol–water partition coefficient (Wildman–Crippen LogP) is 2.73. The third kappa shape index (κ3) is 2.97. The Bertz CT molecular complexity index is 223. The molecule has 0 bridgehead atoms. The van der Waals surface area contributed by atoms with Crippen LogP contribution in [0.25, 0.3) is 0 Å². The molecule has 13 heavy (non-hydrogen) atoms. The predicted molar refractivity (Wildman–Crippen MR) is 62.8 cm³/mol. The standard InChI is InChI=1S/C10H16INO/c1-8(11)10(13)12(2)9-6-4-3-5-7-9/h6,8H,3-5,7H2,1-2H3. The Morgan fingerprint density at radius 1 is 1.62 bits per heavy atom. The first-order chi connectivity index (χ1) is 6.13. The normalized spacial score (nSPS) is 19.2. The zero-order chi connectivity index (χ0) is 9.84. The van der Waals surface area contributed by atoms with E-state index in [0.29, 0.717) is 0 Å². The number of amides is 1. The molecular formula is C10H16INO. The van der Waals surface area contributed by atoms with Crippen LogP contribution in [0.2, 0.25) is 0 Å². The second kappa shape index (κ2) is 4.98. The van der Waals surface area contributed by atoms with Crippen molar-refractivity contribution in [2.24, 2.45) is 0 Å². The molecule has 3 heteroatoms. The van der Waals surface area contributed by atoms with Crippen molar-refractivity contribution >= 4 is 28.5 Å².